The quantitative estimate of drug-likeness (QED) is 0.782. The minimum absolute atomic E-state index is 0.194. The van der Waals surface area contributed by atoms with E-state index in [-0.39, 0.29) is 18.6 Å². The fourth-order valence-corrected chi connectivity index (χ4v) is 2.64. The predicted molar refractivity (Wildman–Crippen MR) is 91.3 cm³/mol. The standard InChI is InChI=1S/C18H18ClF3N2O/c1-12(15-5-3-4-6-16(15)19)23-17(25)24(2)11-13-7-9-14(10-8-13)18(20,21)22/h3-10,12H,11H2,1-2H3,(H,23,25). The van der Waals surface area contributed by atoms with Gasteiger partial charge in [-0.05, 0) is 36.2 Å². The molecule has 2 amide bonds. The van der Waals surface area contributed by atoms with Crippen LogP contribution in [-0.2, 0) is 12.7 Å². The molecule has 0 aliphatic rings. The van der Waals surface area contributed by atoms with E-state index in [0.717, 1.165) is 17.7 Å². The molecule has 0 aliphatic carbocycles. The number of amides is 2. The molecule has 7 heteroatoms. The van der Waals surface area contributed by atoms with Crippen LogP contribution in [0.2, 0.25) is 5.02 Å². The van der Waals surface area contributed by atoms with E-state index in [9.17, 15) is 18.0 Å². The molecule has 0 radical (unpaired) electrons. The van der Waals surface area contributed by atoms with Crippen LogP contribution in [0, 0.1) is 0 Å². The first-order chi connectivity index (χ1) is 11.7. The molecule has 2 aromatic carbocycles. The van der Waals surface area contributed by atoms with E-state index in [0.29, 0.717) is 10.6 Å². The molecule has 3 nitrogen and oxygen atoms in total. The maximum atomic E-state index is 12.6. The minimum atomic E-state index is -4.37. The van der Waals surface area contributed by atoms with Crippen molar-refractivity contribution in [2.75, 3.05) is 7.05 Å². The van der Waals surface area contributed by atoms with Gasteiger partial charge in [0.15, 0.2) is 0 Å². The van der Waals surface area contributed by atoms with Crippen LogP contribution in [0.3, 0.4) is 0 Å². The lowest BCUT2D eigenvalue weighted by atomic mass is 10.1. The van der Waals surface area contributed by atoms with Crippen molar-refractivity contribution in [3.63, 3.8) is 0 Å². The third kappa shape index (κ3) is 5.13. The molecule has 0 aromatic heterocycles. The van der Waals surface area contributed by atoms with Crippen molar-refractivity contribution in [1.29, 1.82) is 0 Å². The smallest absolute Gasteiger partial charge is 0.331 e. The Balaban J connectivity index is 1.97. The van der Waals surface area contributed by atoms with Crippen LogP contribution in [0.4, 0.5) is 18.0 Å². The summed E-state index contributed by atoms with van der Waals surface area (Å²) in [6, 6.07) is 11.3. The predicted octanol–water partition coefficient (Wildman–Crippen LogP) is 5.26. The number of halogens is 4. The normalized spacial score (nSPS) is 12.6. The van der Waals surface area contributed by atoms with E-state index in [2.05, 4.69) is 5.32 Å². The Bertz CT molecular complexity index is 732. The van der Waals surface area contributed by atoms with Crippen LogP contribution in [0.15, 0.2) is 48.5 Å². The fourth-order valence-electron chi connectivity index (χ4n) is 2.34. The lowest BCUT2D eigenvalue weighted by Crippen LogP contribution is -2.38. The molecule has 0 bridgehead atoms. The van der Waals surface area contributed by atoms with Gasteiger partial charge in [-0.3, -0.25) is 0 Å². The average Bonchev–Trinajstić information content (AvgIpc) is 2.54. The summed E-state index contributed by atoms with van der Waals surface area (Å²) < 4.78 is 37.7. The topological polar surface area (TPSA) is 32.3 Å². The third-order valence-corrected chi connectivity index (χ3v) is 4.10. The maximum Gasteiger partial charge on any atom is 0.416 e. The first-order valence-electron chi connectivity index (χ1n) is 7.60. The highest BCUT2D eigenvalue weighted by atomic mass is 35.5. The Kier molecular flexibility index (Phi) is 5.95. The van der Waals surface area contributed by atoms with Crippen molar-refractivity contribution in [3.8, 4) is 0 Å². The van der Waals surface area contributed by atoms with Gasteiger partial charge in [-0.2, -0.15) is 13.2 Å². The Morgan fingerprint density at radius 1 is 1.16 bits per heavy atom. The number of benzene rings is 2. The Morgan fingerprint density at radius 2 is 1.76 bits per heavy atom. The molecule has 25 heavy (non-hydrogen) atoms. The van der Waals surface area contributed by atoms with E-state index in [4.69, 9.17) is 11.6 Å². The Morgan fingerprint density at radius 3 is 2.32 bits per heavy atom. The number of carbonyl (C=O) groups is 1. The highest BCUT2D eigenvalue weighted by Crippen LogP contribution is 2.29. The second-order valence-electron chi connectivity index (χ2n) is 5.74. The van der Waals surface area contributed by atoms with E-state index in [1.165, 1.54) is 17.0 Å². The van der Waals surface area contributed by atoms with E-state index >= 15 is 0 Å². The van der Waals surface area contributed by atoms with Gasteiger partial charge in [-0.15, -0.1) is 0 Å². The summed E-state index contributed by atoms with van der Waals surface area (Å²) in [4.78, 5) is 13.7. The van der Waals surface area contributed by atoms with Crippen molar-refractivity contribution in [3.05, 3.63) is 70.2 Å². The molecule has 0 aliphatic heterocycles. The van der Waals surface area contributed by atoms with Crippen molar-refractivity contribution >= 4 is 17.6 Å². The second kappa shape index (κ2) is 7.78. The van der Waals surface area contributed by atoms with Crippen molar-refractivity contribution in [2.45, 2.75) is 25.7 Å². The summed E-state index contributed by atoms with van der Waals surface area (Å²) in [7, 11) is 1.58. The van der Waals surface area contributed by atoms with Gasteiger partial charge in [0, 0.05) is 18.6 Å². The van der Waals surface area contributed by atoms with Crippen LogP contribution in [0.1, 0.15) is 29.7 Å². The summed E-state index contributed by atoms with van der Waals surface area (Å²) >= 11 is 6.11. The van der Waals surface area contributed by atoms with Crippen LogP contribution in [0.25, 0.3) is 0 Å². The van der Waals surface area contributed by atoms with E-state index < -0.39 is 11.7 Å². The molecule has 1 N–H and O–H groups in total. The molecule has 0 spiro atoms. The van der Waals surface area contributed by atoms with Gasteiger partial charge >= 0.3 is 12.2 Å². The van der Waals surface area contributed by atoms with Gasteiger partial charge in [0.05, 0.1) is 11.6 Å². The van der Waals surface area contributed by atoms with Gasteiger partial charge in [-0.1, -0.05) is 41.9 Å². The molecule has 2 rings (SSSR count). The van der Waals surface area contributed by atoms with Gasteiger partial charge < -0.3 is 10.2 Å². The van der Waals surface area contributed by atoms with Crippen LogP contribution >= 0.6 is 11.6 Å². The highest BCUT2D eigenvalue weighted by molar-refractivity contribution is 6.31. The summed E-state index contributed by atoms with van der Waals surface area (Å²) in [5, 5.41) is 3.37. The zero-order chi connectivity index (χ0) is 18.6. The van der Waals surface area contributed by atoms with Crippen LogP contribution in [0.5, 0.6) is 0 Å². The average molecular weight is 371 g/mol. The van der Waals surface area contributed by atoms with Gasteiger partial charge in [0.2, 0.25) is 0 Å². The zero-order valence-corrected chi connectivity index (χ0v) is 14.5. The molecular weight excluding hydrogens is 353 g/mol. The van der Waals surface area contributed by atoms with Crippen LogP contribution < -0.4 is 5.32 Å². The number of hydrogen-bond acceptors (Lipinski definition) is 1. The van der Waals surface area contributed by atoms with E-state index in [1.54, 1.807) is 19.2 Å². The molecule has 0 heterocycles. The first-order valence-corrected chi connectivity index (χ1v) is 7.98. The number of urea groups is 1. The third-order valence-electron chi connectivity index (χ3n) is 3.76. The minimum Gasteiger partial charge on any atom is -0.331 e. The largest absolute Gasteiger partial charge is 0.416 e. The molecule has 0 saturated heterocycles. The number of hydrogen-bond donors (Lipinski definition) is 1. The summed E-state index contributed by atoms with van der Waals surface area (Å²) in [6.07, 6.45) is -4.37. The van der Waals surface area contributed by atoms with E-state index in [1.807, 2.05) is 19.1 Å². The summed E-state index contributed by atoms with van der Waals surface area (Å²) in [5.74, 6) is 0. The van der Waals surface area contributed by atoms with Crippen molar-refractivity contribution in [1.82, 2.24) is 10.2 Å². The lowest BCUT2D eigenvalue weighted by molar-refractivity contribution is -0.137. The number of carbonyl (C=O) groups excluding carboxylic acids is 1. The molecule has 1 atom stereocenters. The summed E-state index contributed by atoms with van der Waals surface area (Å²) in [6.45, 7) is 2.00. The summed E-state index contributed by atoms with van der Waals surface area (Å²) in [5.41, 5.74) is 0.687. The fraction of sp³-hybridized carbons (Fsp3) is 0.278. The maximum absolute atomic E-state index is 12.6. The molecule has 134 valence electrons. The van der Waals surface area contributed by atoms with Crippen LogP contribution in [-0.4, -0.2) is 18.0 Å². The lowest BCUT2D eigenvalue weighted by Gasteiger charge is -2.22. The number of nitrogens with one attached hydrogen (secondary N) is 1. The second-order valence-corrected chi connectivity index (χ2v) is 6.15. The van der Waals surface area contributed by atoms with Gasteiger partial charge in [0.25, 0.3) is 0 Å². The van der Waals surface area contributed by atoms with Gasteiger partial charge in [-0.25, -0.2) is 4.79 Å². The first kappa shape index (κ1) is 19.1. The molecule has 2 aromatic rings. The SMILES string of the molecule is CC(NC(=O)N(C)Cc1ccc(C(F)(F)F)cc1)c1ccccc1Cl. The molecule has 1 unspecified atom stereocenters. The number of nitrogens with zero attached hydrogens (tertiary/aromatic N) is 1. The molecule has 0 fully saturated rings. The van der Waals surface area contributed by atoms with Crippen molar-refractivity contribution < 1.29 is 18.0 Å². The van der Waals surface area contributed by atoms with Crippen molar-refractivity contribution in [2.24, 2.45) is 0 Å². The molecular formula is C18H18ClF3N2O. The Hall–Kier alpha value is -2.21. The van der Waals surface area contributed by atoms with Gasteiger partial charge in [0.1, 0.15) is 0 Å². The monoisotopic (exact) mass is 370 g/mol. The molecule has 0 saturated carbocycles. The highest BCUT2D eigenvalue weighted by Gasteiger charge is 2.30. The zero-order valence-electron chi connectivity index (χ0n) is 13.8. The number of alkyl halides is 3. The number of rotatable bonds is 4. The Labute approximate surface area is 149 Å².